The Kier molecular flexibility index (Phi) is 5.20. The van der Waals surface area contributed by atoms with Gasteiger partial charge in [0.1, 0.15) is 12.4 Å². The number of esters is 1. The molecule has 1 aromatic heterocycles. The van der Waals surface area contributed by atoms with Crippen LogP contribution in [0.4, 0.5) is 10.1 Å². The van der Waals surface area contributed by atoms with E-state index in [1.54, 1.807) is 48.5 Å². The molecule has 0 spiro atoms. The van der Waals surface area contributed by atoms with Gasteiger partial charge >= 0.3 is 5.97 Å². The standard InChI is InChI=1S/C19H14FNO3S/c20-15-7-3-13(4-8-15)12-24-19(23)14-5-9-16(10-6-14)21-18(22)17-2-1-11-25-17/h1-11H,12H2,(H,21,22). The van der Waals surface area contributed by atoms with Crippen molar-refractivity contribution >= 4 is 28.9 Å². The predicted molar refractivity (Wildman–Crippen MR) is 94.2 cm³/mol. The number of benzene rings is 2. The molecule has 4 nitrogen and oxygen atoms in total. The van der Waals surface area contributed by atoms with Crippen LogP contribution in [0.1, 0.15) is 25.6 Å². The molecule has 0 radical (unpaired) electrons. The zero-order chi connectivity index (χ0) is 17.6. The lowest BCUT2D eigenvalue weighted by Crippen LogP contribution is -2.10. The Balaban J connectivity index is 1.56. The fourth-order valence-corrected chi connectivity index (χ4v) is 2.72. The van der Waals surface area contributed by atoms with Gasteiger partial charge in [-0.2, -0.15) is 0 Å². The molecule has 1 amide bonds. The predicted octanol–water partition coefficient (Wildman–Crippen LogP) is 4.50. The first-order valence-corrected chi connectivity index (χ1v) is 8.36. The van der Waals surface area contributed by atoms with Crippen molar-refractivity contribution in [2.75, 3.05) is 5.32 Å². The van der Waals surface area contributed by atoms with Gasteiger partial charge in [0, 0.05) is 5.69 Å². The average Bonchev–Trinajstić information content (AvgIpc) is 3.16. The summed E-state index contributed by atoms with van der Waals surface area (Å²) in [6.07, 6.45) is 0. The topological polar surface area (TPSA) is 55.4 Å². The fourth-order valence-electron chi connectivity index (χ4n) is 2.10. The highest BCUT2D eigenvalue weighted by Crippen LogP contribution is 2.15. The van der Waals surface area contributed by atoms with Crippen LogP contribution in [0.2, 0.25) is 0 Å². The molecule has 0 saturated heterocycles. The van der Waals surface area contributed by atoms with E-state index >= 15 is 0 Å². The van der Waals surface area contributed by atoms with Crippen LogP contribution in [-0.2, 0) is 11.3 Å². The molecular formula is C19H14FNO3S. The van der Waals surface area contributed by atoms with Crippen molar-refractivity contribution in [2.45, 2.75) is 6.61 Å². The number of hydrogen-bond donors (Lipinski definition) is 1. The summed E-state index contributed by atoms with van der Waals surface area (Å²) in [5.74, 6) is -1.02. The Bertz CT molecular complexity index is 859. The van der Waals surface area contributed by atoms with E-state index in [0.717, 1.165) is 0 Å². The third kappa shape index (κ3) is 4.51. The smallest absolute Gasteiger partial charge is 0.338 e. The van der Waals surface area contributed by atoms with Gasteiger partial charge in [-0.05, 0) is 53.4 Å². The first-order chi connectivity index (χ1) is 12.1. The van der Waals surface area contributed by atoms with Crippen molar-refractivity contribution < 1.29 is 18.7 Å². The molecule has 0 aliphatic rings. The van der Waals surface area contributed by atoms with Crippen molar-refractivity contribution in [3.05, 3.63) is 87.9 Å². The van der Waals surface area contributed by atoms with E-state index in [4.69, 9.17) is 4.74 Å². The molecular weight excluding hydrogens is 341 g/mol. The molecule has 0 fully saturated rings. The van der Waals surface area contributed by atoms with E-state index in [1.807, 2.05) is 5.38 Å². The summed E-state index contributed by atoms with van der Waals surface area (Å²) in [6.45, 7) is 0.0655. The van der Waals surface area contributed by atoms with E-state index in [0.29, 0.717) is 21.7 Å². The summed E-state index contributed by atoms with van der Waals surface area (Å²) in [4.78, 5) is 24.6. The summed E-state index contributed by atoms with van der Waals surface area (Å²) in [5.41, 5.74) is 1.67. The van der Waals surface area contributed by atoms with Gasteiger partial charge in [-0.1, -0.05) is 18.2 Å². The van der Waals surface area contributed by atoms with Crippen LogP contribution in [0.3, 0.4) is 0 Å². The first-order valence-electron chi connectivity index (χ1n) is 7.48. The maximum Gasteiger partial charge on any atom is 0.338 e. The summed E-state index contributed by atoms with van der Waals surface area (Å²) in [5, 5.41) is 4.59. The van der Waals surface area contributed by atoms with Crippen molar-refractivity contribution in [3.8, 4) is 0 Å². The molecule has 3 rings (SSSR count). The first kappa shape index (κ1) is 16.9. The number of amides is 1. The SMILES string of the molecule is O=C(OCc1ccc(F)cc1)c1ccc(NC(=O)c2cccs2)cc1. The lowest BCUT2D eigenvalue weighted by Gasteiger charge is -2.07. The average molecular weight is 355 g/mol. The molecule has 0 bridgehead atoms. The number of carbonyl (C=O) groups excluding carboxylic acids is 2. The summed E-state index contributed by atoms with van der Waals surface area (Å²) in [7, 11) is 0. The van der Waals surface area contributed by atoms with Gasteiger partial charge in [0.15, 0.2) is 0 Å². The number of anilines is 1. The lowest BCUT2D eigenvalue weighted by molar-refractivity contribution is 0.0472. The van der Waals surface area contributed by atoms with Gasteiger partial charge in [0.2, 0.25) is 0 Å². The van der Waals surface area contributed by atoms with Crippen LogP contribution in [0.5, 0.6) is 0 Å². The number of halogens is 1. The second-order valence-electron chi connectivity index (χ2n) is 5.21. The van der Waals surface area contributed by atoms with Crippen molar-refractivity contribution in [1.82, 2.24) is 0 Å². The Hall–Kier alpha value is -2.99. The fraction of sp³-hybridized carbons (Fsp3) is 0.0526. The normalized spacial score (nSPS) is 10.3. The zero-order valence-corrected chi connectivity index (χ0v) is 13.9. The van der Waals surface area contributed by atoms with Gasteiger partial charge in [-0.3, -0.25) is 4.79 Å². The maximum absolute atomic E-state index is 12.8. The van der Waals surface area contributed by atoms with Gasteiger partial charge in [0.05, 0.1) is 10.4 Å². The molecule has 6 heteroatoms. The monoisotopic (exact) mass is 355 g/mol. The van der Waals surface area contributed by atoms with Gasteiger partial charge in [-0.15, -0.1) is 11.3 Å². The Morgan fingerprint density at radius 2 is 1.72 bits per heavy atom. The maximum atomic E-state index is 12.8. The van der Waals surface area contributed by atoms with E-state index in [1.165, 1.54) is 23.5 Å². The van der Waals surface area contributed by atoms with Crippen LogP contribution >= 0.6 is 11.3 Å². The summed E-state index contributed by atoms with van der Waals surface area (Å²) >= 11 is 1.35. The lowest BCUT2D eigenvalue weighted by atomic mass is 10.2. The molecule has 0 aliphatic carbocycles. The van der Waals surface area contributed by atoms with Crippen LogP contribution in [0, 0.1) is 5.82 Å². The number of thiophene rings is 1. The number of ether oxygens (including phenoxy) is 1. The van der Waals surface area contributed by atoms with E-state index in [2.05, 4.69) is 5.32 Å². The molecule has 3 aromatic rings. The van der Waals surface area contributed by atoms with Crippen molar-refractivity contribution in [3.63, 3.8) is 0 Å². The van der Waals surface area contributed by atoms with Crippen LogP contribution in [0.25, 0.3) is 0 Å². The summed E-state index contributed by atoms with van der Waals surface area (Å²) in [6, 6.07) is 15.7. The molecule has 0 unspecified atom stereocenters. The molecule has 0 saturated carbocycles. The van der Waals surface area contributed by atoms with E-state index < -0.39 is 5.97 Å². The minimum absolute atomic E-state index is 0.0655. The van der Waals surface area contributed by atoms with Gasteiger partial charge < -0.3 is 10.1 Å². The van der Waals surface area contributed by atoms with Crippen LogP contribution in [0.15, 0.2) is 66.0 Å². The highest BCUT2D eigenvalue weighted by molar-refractivity contribution is 7.12. The van der Waals surface area contributed by atoms with E-state index in [-0.39, 0.29) is 18.3 Å². The number of carbonyl (C=O) groups is 2. The quantitative estimate of drug-likeness (QED) is 0.686. The molecule has 1 N–H and O–H groups in total. The molecule has 2 aromatic carbocycles. The number of nitrogens with one attached hydrogen (secondary N) is 1. The highest BCUT2D eigenvalue weighted by Gasteiger charge is 2.10. The van der Waals surface area contributed by atoms with Crippen LogP contribution < -0.4 is 5.32 Å². The van der Waals surface area contributed by atoms with Crippen molar-refractivity contribution in [2.24, 2.45) is 0 Å². The molecule has 0 aliphatic heterocycles. The largest absolute Gasteiger partial charge is 0.457 e. The second-order valence-corrected chi connectivity index (χ2v) is 6.16. The Morgan fingerprint density at radius 1 is 1.00 bits per heavy atom. The van der Waals surface area contributed by atoms with Gasteiger partial charge in [-0.25, -0.2) is 9.18 Å². The van der Waals surface area contributed by atoms with Gasteiger partial charge in [0.25, 0.3) is 5.91 Å². The zero-order valence-electron chi connectivity index (χ0n) is 13.1. The Morgan fingerprint density at radius 3 is 2.36 bits per heavy atom. The third-order valence-electron chi connectivity index (χ3n) is 3.41. The molecule has 0 atom stereocenters. The van der Waals surface area contributed by atoms with E-state index in [9.17, 15) is 14.0 Å². The minimum atomic E-state index is -0.486. The van der Waals surface area contributed by atoms with Crippen LogP contribution in [-0.4, -0.2) is 11.9 Å². The minimum Gasteiger partial charge on any atom is -0.457 e. The van der Waals surface area contributed by atoms with Crippen molar-refractivity contribution in [1.29, 1.82) is 0 Å². The Labute approximate surface area is 147 Å². The number of hydrogen-bond acceptors (Lipinski definition) is 4. The molecule has 1 heterocycles. The molecule has 126 valence electrons. The second kappa shape index (κ2) is 7.72. The highest BCUT2D eigenvalue weighted by atomic mass is 32.1. The number of rotatable bonds is 5. The summed E-state index contributed by atoms with van der Waals surface area (Å²) < 4.78 is 18.0. The molecule has 25 heavy (non-hydrogen) atoms. The third-order valence-corrected chi connectivity index (χ3v) is 4.28.